The zero-order chi connectivity index (χ0) is 23.2. The Balaban J connectivity index is 1.23. The third-order valence-corrected chi connectivity index (χ3v) is 5.83. The number of benzene rings is 2. The van der Waals surface area contributed by atoms with E-state index < -0.39 is 6.23 Å². The number of aromatic nitrogens is 2. The SMILES string of the molecule is OC(NCc1cccc(Oc2ccccc2)c1)c1ccc2cnc(NC3CCOCC3)cc2n1. The molecule has 4 aromatic rings. The predicted molar refractivity (Wildman–Crippen MR) is 132 cm³/mol. The smallest absolute Gasteiger partial charge is 0.148 e. The van der Waals surface area contributed by atoms with E-state index in [9.17, 15) is 5.11 Å². The first-order valence-electron chi connectivity index (χ1n) is 11.6. The van der Waals surface area contributed by atoms with Crippen LogP contribution in [0, 0.1) is 0 Å². The number of fused-ring (bicyclic) bond motifs is 1. The monoisotopic (exact) mass is 456 g/mol. The standard InChI is InChI=1S/C27H28N4O3/c32-27(29-17-19-5-4-8-23(15-19)34-22-6-2-1-3-7-22)24-10-9-20-18-28-26(16-25(20)31-24)30-21-11-13-33-14-12-21/h1-10,15-16,18,21,27,29,32H,11-14,17H2,(H,28,30). The lowest BCUT2D eigenvalue weighted by molar-refractivity contribution is 0.0904. The average Bonchev–Trinajstić information content (AvgIpc) is 2.88. The molecule has 1 saturated heterocycles. The fourth-order valence-corrected chi connectivity index (χ4v) is 3.98. The second-order valence-corrected chi connectivity index (χ2v) is 8.38. The van der Waals surface area contributed by atoms with Crippen LogP contribution in [0.2, 0.25) is 0 Å². The fraction of sp³-hybridized carbons (Fsp3) is 0.259. The van der Waals surface area contributed by atoms with Crippen LogP contribution in [-0.4, -0.2) is 34.3 Å². The van der Waals surface area contributed by atoms with E-state index in [4.69, 9.17) is 9.47 Å². The second-order valence-electron chi connectivity index (χ2n) is 8.38. The summed E-state index contributed by atoms with van der Waals surface area (Å²) in [5.41, 5.74) is 2.36. The molecule has 7 nitrogen and oxygen atoms in total. The van der Waals surface area contributed by atoms with Crippen molar-refractivity contribution in [2.24, 2.45) is 0 Å². The van der Waals surface area contributed by atoms with Crippen LogP contribution in [-0.2, 0) is 11.3 Å². The first-order chi connectivity index (χ1) is 16.7. The van der Waals surface area contributed by atoms with Gasteiger partial charge in [-0.1, -0.05) is 30.3 Å². The molecule has 1 aliphatic heterocycles. The lowest BCUT2D eigenvalue weighted by Gasteiger charge is -2.23. The zero-order valence-electron chi connectivity index (χ0n) is 18.9. The Morgan fingerprint density at radius 2 is 1.79 bits per heavy atom. The molecule has 7 heteroatoms. The van der Waals surface area contributed by atoms with Crippen molar-refractivity contribution in [3.05, 3.63) is 90.3 Å². The van der Waals surface area contributed by atoms with Crippen LogP contribution >= 0.6 is 0 Å². The highest BCUT2D eigenvalue weighted by atomic mass is 16.5. The van der Waals surface area contributed by atoms with Crippen molar-refractivity contribution in [2.75, 3.05) is 18.5 Å². The fourth-order valence-electron chi connectivity index (χ4n) is 3.98. The van der Waals surface area contributed by atoms with Gasteiger partial charge in [0, 0.05) is 43.4 Å². The Kier molecular flexibility index (Phi) is 6.95. The summed E-state index contributed by atoms with van der Waals surface area (Å²) >= 11 is 0. The number of aliphatic hydroxyl groups is 1. The minimum Gasteiger partial charge on any atom is -0.457 e. The van der Waals surface area contributed by atoms with E-state index in [0.29, 0.717) is 18.3 Å². The van der Waals surface area contributed by atoms with Gasteiger partial charge in [-0.25, -0.2) is 9.97 Å². The number of anilines is 1. The highest BCUT2D eigenvalue weighted by Gasteiger charge is 2.15. The molecule has 5 rings (SSSR count). The van der Waals surface area contributed by atoms with E-state index in [0.717, 1.165) is 59.8 Å². The quantitative estimate of drug-likeness (QED) is 0.328. The van der Waals surface area contributed by atoms with E-state index in [1.165, 1.54) is 0 Å². The van der Waals surface area contributed by atoms with E-state index in [-0.39, 0.29) is 0 Å². The van der Waals surface area contributed by atoms with Crippen LogP contribution in [0.1, 0.15) is 30.3 Å². The predicted octanol–water partition coefficient (Wildman–Crippen LogP) is 4.79. The number of rotatable bonds is 8. The molecular weight excluding hydrogens is 428 g/mol. The van der Waals surface area contributed by atoms with Crippen LogP contribution in [0.3, 0.4) is 0 Å². The van der Waals surface area contributed by atoms with Crippen LogP contribution in [0.25, 0.3) is 10.9 Å². The molecule has 0 aliphatic carbocycles. The number of aliphatic hydroxyl groups excluding tert-OH is 1. The van der Waals surface area contributed by atoms with E-state index in [2.05, 4.69) is 20.6 Å². The van der Waals surface area contributed by atoms with Crippen molar-refractivity contribution < 1.29 is 14.6 Å². The molecule has 2 aromatic carbocycles. The minimum atomic E-state index is -0.900. The van der Waals surface area contributed by atoms with E-state index in [1.807, 2.05) is 79.0 Å². The van der Waals surface area contributed by atoms with Gasteiger partial charge in [-0.15, -0.1) is 0 Å². The topological polar surface area (TPSA) is 88.5 Å². The lowest BCUT2D eigenvalue weighted by Crippen LogP contribution is -2.28. The summed E-state index contributed by atoms with van der Waals surface area (Å²) in [5, 5.41) is 18.3. The van der Waals surface area contributed by atoms with Gasteiger partial charge in [0.2, 0.25) is 0 Å². The summed E-state index contributed by atoms with van der Waals surface area (Å²) in [7, 11) is 0. The van der Waals surface area contributed by atoms with Crippen molar-refractivity contribution in [1.29, 1.82) is 0 Å². The summed E-state index contributed by atoms with van der Waals surface area (Å²) < 4.78 is 11.3. The van der Waals surface area contributed by atoms with Crippen molar-refractivity contribution in [3.8, 4) is 11.5 Å². The molecule has 3 N–H and O–H groups in total. The Morgan fingerprint density at radius 1 is 0.971 bits per heavy atom. The molecule has 0 amide bonds. The van der Waals surface area contributed by atoms with Gasteiger partial charge in [-0.2, -0.15) is 0 Å². The number of hydrogen-bond donors (Lipinski definition) is 3. The van der Waals surface area contributed by atoms with Crippen LogP contribution < -0.4 is 15.4 Å². The molecule has 34 heavy (non-hydrogen) atoms. The first kappa shape index (κ1) is 22.3. The van der Waals surface area contributed by atoms with Gasteiger partial charge >= 0.3 is 0 Å². The molecule has 0 bridgehead atoms. The van der Waals surface area contributed by atoms with Crippen LogP contribution in [0.4, 0.5) is 5.82 Å². The van der Waals surface area contributed by atoms with Crippen LogP contribution in [0.15, 0.2) is 79.0 Å². The molecule has 1 fully saturated rings. The van der Waals surface area contributed by atoms with Crippen molar-refractivity contribution >= 4 is 16.7 Å². The van der Waals surface area contributed by atoms with Gasteiger partial charge in [0.15, 0.2) is 0 Å². The van der Waals surface area contributed by atoms with Gasteiger partial charge in [-0.3, -0.25) is 5.32 Å². The summed E-state index contributed by atoms with van der Waals surface area (Å²) in [4.78, 5) is 9.18. The highest BCUT2D eigenvalue weighted by molar-refractivity contribution is 5.80. The van der Waals surface area contributed by atoms with E-state index >= 15 is 0 Å². The van der Waals surface area contributed by atoms with Gasteiger partial charge < -0.3 is 19.9 Å². The summed E-state index contributed by atoms with van der Waals surface area (Å²) in [6, 6.07) is 23.5. The van der Waals surface area contributed by atoms with Crippen molar-refractivity contribution in [3.63, 3.8) is 0 Å². The largest absolute Gasteiger partial charge is 0.457 e. The van der Waals surface area contributed by atoms with Gasteiger partial charge in [-0.05, 0) is 54.8 Å². The maximum Gasteiger partial charge on any atom is 0.148 e. The average molecular weight is 457 g/mol. The van der Waals surface area contributed by atoms with Gasteiger partial charge in [0.05, 0.1) is 11.2 Å². The third-order valence-electron chi connectivity index (χ3n) is 5.83. The molecule has 174 valence electrons. The summed E-state index contributed by atoms with van der Waals surface area (Å²) in [6.45, 7) is 2.01. The maximum atomic E-state index is 10.7. The number of hydrogen-bond acceptors (Lipinski definition) is 7. The second kappa shape index (κ2) is 10.6. The molecule has 0 radical (unpaired) electrons. The van der Waals surface area contributed by atoms with Crippen molar-refractivity contribution in [1.82, 2.24) is 15.3 Å². The molecule has 0 saturated carbocycles. The van der Waals surface area contributed by atoms with Crippen LogP contribution in [0.5, 0.6) is 11.5 Å². The molecule has 2 aromatic heterocycles. The Bertz CT molecular complexity index is 1230. The molecule has 1 atom stereocenters. The maximum absolute atomic E-state index is 10.7. The number of nitrogens with one attached hydrogen (secondary N) is 2. The number of pyridine rings is 2. The number of para-hydroxylation sites is 1. The minimum absolute atomic E-state index is 0.357. The Hall–Kier alpha value is -3.52. The first-order valence-corrected chi connectivity index (χ1v) is 11.6. The molecular formula is C27H28N4O3. The normalized spacial score (nSPS) is 15.2. The van der Waals surface area contributed by atoms with E-state index in [1.54, 1.807) is 0 Å². The Labute approximate surface area is 198 Å². The highest BCUT2D eigenvalue weighted by Crippen LogP contribution is 2.23. The number of nitrogens with zero attached hydrogens (tertiary/aromatic N) is 2. The zero-order valence-corrected chi connectivity index (χ0v) is 18.9. The summed E-state index contributed by atoms with van der Waals surface area (Å²) in [6.07, 6.45) is 2.84. The number of ether oxygens (including phenoxy) is 2. The summed E-state index contributed by atoms with van der Waals surface area (Å²) in [5.74, 6) is 2.33. The van der Waals surface area contributed by atoms with Crippen molar-refractivity contribution in [2.45, 2.75) is 31.7 Å². The third kappa shape index (κ3) is 5.69. The Morgan fingerprint density at radius 3 is 2.65 bits per heavy atom. The van der Waals surface area contributed by atoms with Gasteiger partial charge in [0.1, 0.15) is 23.5 Å². The van der Waals surface area contributed by atoms with Gasteiger partial charge in [0.25, 0.3) is 0 Å². The molecule has 1 unspecified atom stereocenters. The molecule has 0 spiro atoms. The molecule has 3 heterocycles. The molecule has 1 aliphatic rings. The lowest BCUT2D eigenvalue weighted by atomic mass is 10.1.